The maximum Gasteiger partial charge on any atom is 0.222 e. The number of hydrogen-bond acceptors (Lipinski definition) is 5. The molecule has 2 rings (SSSR count). The van der Waals surface area contributed by atoms with E-state index in [1.54, 1.807) is 12.4 Å². The van der Waals surface area contributed by atoms with Gasteiger partial charge in [0.25, 0.3) is 0 Å². The molecule has 1 heterocycles. The van der Waals surface area contributed by atoms with Crippen LogP contribution in [0.2, 0.25) is 0 Å². The highest BCUT2D eigenvalue weighted by Gasteiger charge is 2.20. The molecule has 0 radical (unpaired) electrons. The molecule has 1 aliphatic rings. The minimum absolute atomic E-state index is 0.520. The second-order valence-electron chi connectivity index (χ2n) is 4.19. The normalized spacial score (nSPS) is 25.3. The summed E-state index contributed by atoms with van der Waals surface area (Å²) in [5.74, 6) is 0.696. The summed E-state index contributed by atoms with van der Waals surface area (Å²) in [5.41, 5.74) is 6.15. The zero-order chi connectivity index (χ0) is 11.4. The van der Waals surface area contributed by atoms with Gasteiger partial charge in [0, 0.05) is 11.3 Å². The molecule has 0 saturated heterocycles. The molecule has 16 heavy (non-hydrogen) atoms. The van der Waals surface area contributed by atoms with Gasteiger partial charge in [-0.25, -0.2) is 9.97 Å². The van der Waals surface area contributed by atoms with Gasteiger partial charge >= 0.3 is 0 Å². The first-order valence-electron chi connectivity index (χ1n) is 5.65. The smallest absolute Gasteiger partial charge is 0.222 e. The monoisotopic (exact) mass is 238 g/mol. The van der Waals surface area contributed by atoms with E-state index in [0.717, 1.165) is 5.25 Å². The Kier molecular flexibility index (Phi) is 3.88. The first-order chi connectivity index (χ1) is 7.78. The third kappa shape index (κ3) is 3.01. The number of nitrogens with one attached hydrogen (secondary N) is 1. The Balaban J connectivity index is 1.84. The van der Waals surface area contributed by atoms with E-state index in [-0.39, 0.29) is 0 Å². The molecule has 0 unspecified atom stereocenters. The number of anilines is 2. The largest absolute Gasteiger partial charge is 0.396 e. The second-order valence-corrected chi connectivity index (χ2v) is 5.33. The number of rotatable bonds is 3. The molecule has 1 fully saturated rings. The predicted molar refractivity (Wildman–Crippen MR) is 69.6 cm³/mol. The molecule has 1 aromatic rings. The van der Waals surface area contributed by atoms with Gasteiger partial charge in [0.2, 0.25) is 5.95 Å². The van der Waals surface area contributed by atoms with Gasteiger partial charge < -0.3 is 11.1 Å². The van der Waals surface area contributed by atoms with Crippen molar-refractivity contribution >= 4 is 23.4 Å². The second kappa shape index (κ2) is 5.39. The van der Waals surface area contributed by atoms with E-state index in [0.29, 0.717) is 17.7 Å². The molecule has 1 aliphatic carbocycles. The molecule has 0 spiro atoms. The Morgan fingerprint density at radius 2 is 1.88 bits per heavy atom. The third-order valence-corrected chi connectivity index (χ3v) is 4.15. The Morgan fingerprint density at radius 3 is 2.44 bits per heavy atom. The number of nitrogens with zero attached hydrogens (tertiary/aromatic N) is 2. The minimum atomic E-state index is 0.520. The highest BCUT2D eigenvalue weighted by molar-refractivity contribution is 7.99. The van der Waals surface area contributed by atoms with Gasteiger partial charge in [0.1, 0.15) is 0 Å². The van der Waals surface area contributed by atoms with Gasteiger partial charge in [0.15, 0.2) is 0 Å². The van der Waals surface area contributed by atoms with Crippen molar-refractivity contribution in [3.8, 4) is 0 Å². The SMILES string of the molecule is CSC1CCC(Nc2ncc(N)cn2)CC1. The van der Waals surface area contributed by atoms with Gasteiger partial charge in [-0.05, 0) is 31.9 Å². The zero-order valence-corrected chi connectivity index (χ0v) is 10.3. The molecule has 1 saturated carbocycles. The lowest BCUT2D eigenvalue weighted by Gasteiger charge is -2.27. The average molecular weight is 238 g/mol. The Morgan fingerprint density at radius 1 is 1.25 bits per heavy atom. The van der Waals surface area contributed by atoms with E-state index in [1.165, 1.54) is 25.7 Å². The summed E-state index contributed by atoms with van der Waals surface area (Å²) in [6, 6.07) is 0.520. The van der Waals surface area contributed by atoms with E-state index in [9.17, 15) is 0 Å². The Labute approximate surface area is 100 Å². The van der Waals surface area contributed by atoms with E-state index >= 15 is 0 Å². The van der Waals surface area contributed by atoms with Crippen LogP contribution in [0.5, 0.6) is 0 Å². The molecule has 0 aliphatic heterocycles. The molecule has 0 amide bonds. The summed E-state index contributed by atoms with van der Waals surface area (Å²) in [5, 5.41) is 4.20. The molecule has 0 atom stereocenters. The molecule has 0 bridgehead atoms. The van der Waals surface area contributed by atoms with E-state index in [4.69, 9.17) is 5.73 Å². The van der Waals surface area contributed by atoms with Crippen LogP contribution in [0.3, 0.4) is 0 Å². The summed E-state index contributed by atoms with van der Waals surface area (Å²) in [7, 11) is 0. The number of thioether (sulfide) groups is 1. The predicted octanol–water partition coefficient (Wildman–Crippen LogP) is 2.14. The molecule has 3 N–H and O–H groups in total. The van der Waals surface area contributed by atoms with E-state index in [2.05, 4.69) is 21.5 Å². The standard InChI is InChI=1S/C11H18N4S/c1-16-10-4-2-9(3-5-10)15-11-13-6-8(12)7-14-11/h6-7,9-10H,2-5,12H2,1H3,(H,13,14,15). The van der Waals surface area contributed by atoms with Crippen LogP contribution in [0, 0.1) is 0 Å². The summed E-state index contributed by atoms with van der Waals surface area (Å²) in [4.78, 5) is 8.32. The quantitative estimate of drug-likeness (QED) is 0.844. The Hall–Kier alpha value is -0.970. The van der Waals surface area contributed by atoms with Crippen LogP contribution in [0.4, 0.5) is 11.6 Å². The molecule has 0 aromatic carbocycles. The fourth-order valence-corrected chi connectivity index (χ4v) is 2.78. The van der Waals surface area contributed by atoms with Crippen LogP contribution in [0.25, 0.3) is 0 Å². The van der Waals surface area contributed by atoms with Crippen molar-refractivity contribution in [2.24, 2.45) is 0 Å². The summed E-state index contributed by atoms with van der Waals surface area (Å²) in [6.45, 7) is 0. The molecule has 4 nitrogen and oxygen atoms in total. The van der Waals surface area contributed by atoms with Gasteiger partial charge in [-0.2, -0.15) is 11.8 Å². The zero-order valence-electron chi connectivity index (χ0n) is 9.52. The third-order valence-electron chi connectivity index (χ3n) is 3.01. The van der Waals surface area contributed by atoms with Crippen molar-refractivity contribution in [1.29, 1.82) is 0 Å². The van der Waals surface area contributed by atoms with Crippen LogP contribution < -0.4 is 11.1 Å². The lowest BCUT2D eigenvalue weighted by Crippen LogP contribution is -2.27. The number of nitrogen functional groups attached to an aromatic ring is 1. The fraction of sp³-hybridized carbons (Fsp3) is 0.636. The highest BCUT2D eigenvalue weighted by atomic mass is 32.2. The molecule has 5 heteroatoms. The molecule has 88 valence electrons. The average Bonchev–Trinajstić information content (AvgIpc) is 2.33. The van der Waals surface area contributed by atoms with Crippen LogP contribution in [-0.4, -0.2) is 27.5 Å². The lowest BCUT2D eigenvalue weighted by atomic mass is 9.95. The van der Waals surface area contributed by atoms with Crippen LogP contribution in [-0.2, 0) is 0 Å². The maximum absolute atomic E-state index is 5.54. The van der Waals surface area contributed by atoms with Gasteiger partial charge in [-0.15, -0.1) is 0 Å². The van der Waals surface area contributed by atoms with Gasteiger partial charge in [0.05, 0.1) is 18.1 Å². The van der Waals surface area contributed by atoms with Gasteiger partial charge in [-0.3, -0.25) is 0 Å². The number of hydrogen-bond donors (Lipinski definition) is 2. The summed E-state index contributed by atoms with van der Waals surface area (Å²) < 4.78 is 0. The fourth-order valence-electron chi connectivity index (χ4n) is 2.04. The molecular formula is C11H18N4S. The first-order valence-corrected chi connectivity index (χ1v) is 6.93. The topological polar surface area (TPSA) is 63.8 Å². The number of nitrogens with two attached hydrogens (primary N) is 1. The van der Waals surface area contributed by atoms with Crippen LogP contribution >= 0.6 is 11.8 Å². The highest BCUT2D eigenvalue weighted by Crippen LogP contribution is 2.27. The van der Waals surface area contributed by atoms with Crippen molar-refractivity contribution in [2.75, 3.05) is 17.3 Å². The van der Waals surface area contributed by atoms with Crippen molar-refractivity contribution < 1.29 is 0 Å². The Bertz CT molecular complexity index is 319. The van der Waals surface area contributed by atoms with Crippen molar-refractivity contribution in [1.82, 2.24) is 9.97 Å². The summed E-state index contributed by atoms with van der Waals surface area (Å²) in [6.07, 6.45) is 10.5. The summed E-state index contributed by atoms with van der Waals surface area (Å²) >= 11 is 1.98. The van der Waals surface area contributed by atoms with Gasteiger partial charge in [-0.1, -0.05) is 0 Å². The van der Waals surface area contributed by atoms with Crippen molar-refractivity contribution in [3.05, 3.63) is 12.4 Å². The van der Waals surface area contributed by atoms with E-state index in [1.807, 2.05) is 11.8 Å². The number of aromatic nitrogens is 2. The minimum Gasteiger partial charge on any atom is -0.396 e. The van der Waals surface area contributed by atoms with Crippen molar-refractivity contribution in [2.45, 2.75) is 37.0 Å². The lowest BCUT2D eigenvalue weighted by molar-refractivity contribution is 0.471. The van der Waals surface area contributed by atoms with Crippen LogP contribution in [0.15, 0.2) is 12.4 Å². The van der Waals surface area contributed by atoms with Crippen LogP contribution in [0.1, 0.15) is 25.7 Å². The molecule has 1 aromatic heterocycles. The van der Waals surface area contributed by atoms with Crippen molar-refractivity contribution in [3.63, 3.8) is 0 Å². The first kappa shape index (κ1) is 11.5. The maximum atomic E-state index is 5.54. The van der Waals surface area contributed by atoms with E-state index < -0.39 is 0 Å². The molecular weight excluding hydrogens is 220 g/mol.